The maximum atomic E-state index is 9.10. The number of rotatable bonds is 5. The number of hydrogen-bond donors (Lipinski definition) is 6. The van der Waals surface area contributed by atoms with Gasteiger partial charge in [0.25, 0.3) is 0 Å². The van der Waals surface area contributed by atoms with E-state index in [-0.39, 0.29) is 0 Å². The van der Waals surface area contributed by atoms with Crippen LogP contribution in [-0.4, -0.2) is 62.8 Å². The molecule has 0 aromatic heterocycles. The summed E-state index contributed by atoms with van der Waals surface area (Å²) in [7, 11) is 9.75. The molecule has 0 aliphatic heterocycles. The summed E-state index contributed by atoms with van der Waals surface area (Å²) in [4.78, 5) is 0. The van der Waals surface area contributed by atoms with E-state index in [1.165, 1.54) is 0 Å². The summed E-state index contributed by atoms with van der Waals surface area (Å²) in [5.41, 5.74) is 0. The van der Waals surface area contributed by atoms with Gasteiger partial charge in [0.1, 0.15) is 24.4 Å². The minimum absolute atomic E-state index is 0.472. The second kappa shape index (κ2) is 12.0. The zero-order valence-electron chi connectivity index (χ0n) is 7.93. The number of aliphatic hydroxyl groups is 5. The fourth-order valence-corrected chi connectivity index (χ4v) is 0.714. The van der Waals surface area contributed by atoms with Crippen molar-refractivity contribution in [2.24, 2.45) is 10.9 Å². The number of halogens is 2. The minimum atomic E-state index is -1.65. The van der Waals surface area contributed by atoms with Crippen LogP contribution in [0.15, 0.2) is 5.10 Å². The van der Waals surface area contributed by atoms with E-state index in [1.807, 2.05) is 0 Å². The van der Waals surface area contributed by atoms with Gasteiger partial charge in [-0.3, -0.25) is 0 Å². The monoisotopic (exact) mass is 459 g/mol. The molecule has 7 nitrogen and oxygen atoms in total. The summed E-state index contributed by atoms with van der Waals surface area (Å²) in [6.07, 6.45) is -5.50. The molecule has 0 saturated carbocycles. The van der Waals surface area contributed by atoms with Crippen molar-refractivity contribution in [1.82, 2.24) is 0 Å². The molecule has 0 bridgehead atoms. The van der Waals surface area contributed by atoms with Crippen molar-refractivity contribution in [3.63, 3.8) is 0 Å². The summed E-state index contributed by atoms with van der Waals surface area (Å²) in [5.74, 6) is 4.68. The summed E-state index contributed by atoms with van der Waals surface area (Å²) in [6.45, 7) is -0.718. The molecule has 0 aromatic rings. The van der Waals surface area contributed by atoms with Gasteiger partial charge in [0.2, 0.25) is 0 Å². The van der Waals surface area contributed by atoms with Crippen LogP contribution in [0, 0.1) is 0 Å². The van der Waals surface area contributed by atoms with Crippen LogP contribution < -0.4 is 5.84 Å². The van der Waals surface area contributed by atoms with Crippen molar-refractivity contribution in [2.75, 3.05) is 6.61 Å². The third kappa shape index (κ3) is 8.66. The van der Waals surface area contributed by atoms with Gasteiger partial charge in [0.15, 0.2) is 0 Å². The molecule has 0 aromatic carbocycles. The molecule has 16 heavy (non-hydrogen) atoms. The summed E-state index contributed by atoms with van der Waals surface area (Å²) < 4.78 is 0. The Morgan fingerprint density at radius 3 is 1.94 bits per heavy atom. The van der Waals surface area contributed by atoms with Crippen LogP contribution in [0.2, 0.25) is 0 Å². The number of nitrogens with two attached hydrogens (primary N) is 1. The van der Waals surface area contributed by atoms with Crippen LogP contribution in [0.5, 0.6) is 0 Å². The molecule has 0 radical (unpaired) electrons. The number of hydrogen-bond acceptors (Lipinski definition) is 7. The summed E-state index contributed by atoms with van der Waals surface area (Å²) >= 11 is -0.472. The Labute approximate surface area is 109 Å². The molecule has 102 valence electrons. The molecule has 0 saturated heterocycles. The number of nitrogens with zero attached hydrogens (tertiary/aromatic N) is 1. The molecule has 0 amide bonds. The standard InChI is InChI=1S/C6H14N2O5.2ClH.Pt/c7-8-1-3(10)5(12)6(13)4(11)2-9;;;/h1,3-6,9-13H,2,7H2;2*1H;/q;;;+2/p-2/t3-,4+,5+,6-;;;/m0.../s1. The van der Waals surface area contributed by atoms with Gasteiger partial charge >= 0.3 is 35.3 Å². The van der Waals surface area contributed by atoms with Crippen LogP contribution in [-0.2, 0) is 16.5 Å². The molecule has 0 fully saturated rings. The Balaban J connectivity index is 0. The molecule has 0 spiro atoms. The number of aliphatic hydroxyl groups excluding tert-OH is 5. The predicted molar refractivity (Wildman–Crippen MR) is 55.5 cm³/mol. The molecular formula is C6H14Cl2N2O5Pt. The first-order chi connectivity index (χ1) is 7.45. The first-order valence-corrected chi connectivity index (χ1v) is 9.48. The molecule has 0 rings (SSSR count). The van der Waals surface area contributed by atoms with E-state index in [2.05, 4.69) is 10.9 Å². The van der Waals surface area contributed by atoms with E-state index in [0.29, 0.717) is 0 Å². The van der Waals surface area contributed by atoms with E-state index in [0.717, 1.165) is 6.21 Å². The first-order valence-electron chi connectivity index (χ1n) is 3.85. The Bertz CT molecular complexity index is 190. The zero-order valence-corrected chi connectivity index (χ0v) is 11.7. The van der Waals surface area contributed by atoms with E-state index in [1.54, 1.807) is 0 Å². The molecular weight excluding hydrogens is 446 g/mol. The molecule has 0 aliphatic rings. The van der Waals surface area contributed by atoms with E-state index < -0.39 is 47.5 Å². The van der Waals surface area contributed by atoms with E-state index in [4.69, 9.17) is 44.4 Å². The van der Waals surface area contributed by atoms with Gasteiger partial charge in [0.05, 0.1) is 12.8 Å². The van der Waals surface area contributed by atoms with Crippen molar-refractivity contribution in [3.8, 4) is 0 Å². The van der Waals surface area contributed by atoms with Crippen LogP contribution in [0.25, 0.3) is 0 Å². The van der Waals surface area contributed by atoms with Crippen molar-refractivity contribution in [1.29, 1.82) is 0 Å². The van der Waals surface area contributed by atoms with Crippen molar-refractivity contribution >= 4 is 25.1 Å². The van der Waals surface area contributed by atoms with Crippen LogP contribution >= 0.6 is 18.8 Å². The molecule has 4 atom stereocenters. The van der Waals surface area contributed by atoms with Gasteiger partial charge in [0, 0.05) is 0 Å². The Kier molecular flexibility index (Phi) is 14.2. The molecule has 0 aliphatic carbocycles. The molecule has 10 heteroatoms. The van der Waals surface area contributed by atoms with Crippen molar-refractivity contribution in [2.45, 2.75) is 24.4 Å². The molecule has 0 heterocycles. The Morgan fingerprint density at radius 1 is 1.19 bits per heavy atom. The third-order valence-electron chi connectivity index (χ3n) is 1.52. The quantitative estimate of drug-likeness (QED) is 0.156. The topological polar surface area (TPSA) is 140 Å². The maximum absolute atomic E-state index is 9.10. The van der Waals surface area contributed by atoms with Gasteiger partial charge < -0.3 is 31.4 Å². The zero-order chi connectivity index (χ0) is 13.1. The third-order valence-corrected chi connectivity index (χ3v) is 1.52. The van der Waals surface area contributed by atoms with Gasteiger partial charge in [-0.05, 0) is 0 Å². The van der Waals surface area contributed by atoms with Crippen molar-refractivity contribution in [3.05, 3.63) is 0 Å². The molecule has 7 N–H and O–H groups in total. The average molecular weight is 460 g/mol. The Morgan fingerprint density at radius 2 is 1.62 bits per heavy atom. The van der Waals surface area contributed by atoms with E-state index >= 15 is 0 Å². The normalized spacial score (nSPS) is 18.7. The average Bonchev–Trinajstić information content (AvgIpc) is 2.27. The molecule has 0 unspecified atom stereocenters. The summed E-state index contributed by atoms with van der Waals surface area (Å²) in [6, 6.07) is 0. The fraction of sp³-hybridized carbons (Fsp3) is 0.833. The number of hydrazone groups is 1. The van der Waals surface area contributed by atoms with Gasteiger partial charge in [-0.15, -0.1) is 0 Å². The van der Waals surface area contributed by atoms with Crippen LogP contribution in [0.3, 0.4) is 0 Å². The summed E-state index contributed by atoms with van der Waals surface area (Å²) in [5, 5.41) is 47.4. The predicted octanol–water partition coefficient (Wildman–Crippen LogP) is -2.26. The van der Waals surface area contributed by atoms with Gasteiger partial charge in [-0.25, -0.2) is 0 Å². The van der Waals surface area contributed by atoms with Crippen LogP contribution in [0.4, 0.5) is 0 Å². The van der Waals surface area contributed by atoms with Crippen molar-refractivity contribution < 1.29 is 42.0 Å². The first kappa shape index (κ1) is 18.9. The van der Waals surface area contributed by atoms with Gasteiger partial charge in [-0.2, -0.15) is 5.10 Å². The van der Waals surface area contributed by atoms with E-state index in [9.17, 15) is 0 Å². The van der Waals surface area contributed by atoms with Gasteiger partial charge in [-0.1, -0.05) is 0 Å². The second-order valence-electron chi connectivity index (χ2n) is 2.57. The SMILES string of the molecule is NN=C[C@H](O)[C@@H](O)[C@@H](O)[C@H](O)CO.[Cl][Pt][Cl]. The second-order valence-corrected chi connectivity index (χ2v) is 5.85. The Hall–Kier alpha value is 0.538. The fourth-order valence-electron chi connectivity index (χ4n) is 0.714. The van der Waals surface area contributed by atoms with Crippen LogP contribution in [0.1, 0.15) is 0 Å².